The summed E-state index contributed by atoms with van der Waals surface area (Å²) in [6, 6.07) is 2.24. The van der Waals surface area contributed by atoms with Gasteiger partial charge in [0.2, 0.25) is 0 Å². The molecule has 1 N–H and O–H groups in total. The van der Waals surface area contributed by atoms with E-state index in [2.05, 4.69) is 0 Å². The van der Waals surface area contributed by atoms with Crippen molar-refractivity contribution in [3.05, 3.63) is 28.5 Å². The Morgan fingerprint density at radius 2 is 2.00 bits per heavy atom. The fraction of sp³-hybridized carbons (Fsp3) is 0.632. The monoisotopic (exact) mass is 352 g/mol. The highest BCUT2D eigenvalue weighted by Crippen LogP contribution is 2.54. The Kier molecular flexibility index (Phi) is 4.19. The molecule has 0 heterocycles. The number of carboxylic acid groups (broad SMARTS) is 1. The molecule has 3 bridgehead atoms. The van der Waals surface area contributed by atoms with Crippen LogP contribution in [-0.4, -0.2) is 17.7 Å². The highest BCUT2D eigenvalue weighted by atomic mass is 35.5. The zero-order valence-corrected chi connectivity index (χ0v) is 14.3. The molecule has 3 nitrogen and oxygen atoms in total. The molecule has 24 heavy (non-hydrogen) atoms. The average molecular weight is 353 g/mol. The standard InChI is InChI=1S/C19H22ClFO3/c20-16-7-15(19(22)23)17(21)8-18(16)24-9-13-6-11-3-10-1-2-14(13)12(4-10)5-11/h7-8,10-14H,1-6,9H2,(H,22,23). The van der Waals surface area contributed by atoms with Crippen molar-refractivity contribution in [2.75, 3.05) is 6.61 Å². The molecule has 0 saturated heterocycles. The predicted molar refractivity (Wildman–Crippen MR) is 89.0 cm³/mol. The zero-order chi connectivity index (χ0) is 16.8. The van der Waals surface area contributed by atoms with E-state index in [0.717, 1.165) is 35.8 Å². The topological polar surface area (TPSA) is 46.5 Å². The molecule has 3 fully saturated rings. The van der Waals surface area contributed by atoms with Crippen molar-refractivity contribution in [2.45, 2.75) is 38.5 Å². The minimum absolute atomic E-state index is 0.161. The van der Waals surface area contributed by atoms with Crippen LogP contribution in [0.2, 0.25) is 5.02 Å². The van der Waals surface area contributed by atoms with E-state index < -0.39 is 17.3 Å². The van der Waals surface area contributed by atoms with E-state index in [1.165, 1.54) is 38.5 Å². The maximum atomic E-state index is 13.9. The minimum atomic E-state index is -1.32. The molecule has 1 aromatic carbocycles. The minimum Gasteiger partial charge on any atom is -0.492 e. The van der Waals surface area contributed by atoms with Gasteiger partial charge in [-0.1, -0.05) is 18.0 Å². The maximum absolute atomic E-state index is 13.9. The van der Waals surface area contributed by atoms with Crippen LogP contribution in [0.15, 0.2) is 12.1 Å². The number of aromatic carboxylic acids is 1. The van der Waals surface area contributed by atoms with E-state index in [-0.39, 0.29) is 10.8 Å². The van der Waals surface area contributed by atoms with Gasteiger partial charge in [-0.2, -0.15) is 0 Å². The normalized spacial score (nSPS) is 34.2. The summed E-state index contributed by atoms with van der Waals surface area (Å²) in [6.45, 7) is 0.550. The summed E-state index contributed by atoms with van der Waals surface area (Å²) in [5, 5.41) is 9.10. The van der Waals surface area contributed by atoms with Crippen LogP contribution in [-0.2, 0) is 0 Å². The molecular weight excluding hydrogens is 331 g/mol. The van der Waals surface area contributed by atoms with Gasteiger partial charge in [0.05, 0.1) is 17.2 Å². The van der Waals surface area contributed by atoms with E-state index in [1.807, 2.05) is 0 Å². The van der Waals surface area contributed by atoms with Gasteiger partial charge < -0.3 is 9.84 Å². The number of rotatable bonds is 4. The van der Waals surface area contributed by atoms with Gasteiger partial charge in [-0.05, 0) is 67.8 Å². The zero-order valence-electron chi connectivity index (χ0n) is 13.5. The van der Waals surface area contributed by atoms with Crippen molar-refractivity contribution in [1.29, 1.82) is 0 Å². The van der Waals surface area contributed by atoms with Gasteiger partial charge in [-0.25, -0.2) is 9.18 Å². The number of benzene rings is 1. The SMILES string of the molecule is O=C(O)c1cc(Cl)c(OCC2CC3CC4CCC2C(C4)C3)cc1F. The lowest BCUT2D eigenvalue weighted by Crippen LogP contribution is -2.44. The summed E-state index contributed by atoms with van der Waals surface area (Å²) in [5.41, 5.74) is -0.419. The van der Waals surface area contributed by atoms with E-state index in [9.17, 15) is 9.18 Å². The second kappa shape index (κ2) is 6.21. The molecule has 1 aromatic rings. The van der Waals surface area contributed by atoms with Crippen LogP contribution in [0.4, 0.5) is 4.39 Å². The smallest absolute Gasteiger partial charge is 0.338 e. The summed E-state index contributed by atoms with van der Waals surface area (Å²) < 4.78 is 19.7. The second-order valence-corrected chi connectivity index (χ2v) is 8.22. The number of hydrogen-bond donors (Lipinski definition) is 1. The van der Waals surface area contributed by atoms with E-state index in [1.54, 1.807) is 0 Å². The molecule has 3 saturated carbocycles. The van der Waals surface area contributed by atoms with Crippen LogP contribution in [0.25, 0.3) is 0 Å². The first-order chi connectivity index (χ1) is 11.5. The fourth-order valence-corrected chi connectivity index (χ4v) is 5.69. The molecule has 0 spiro atoms. The molecule has 3 aliphatic carbocycles. The van der Waals surface area contributed by atoms with Gasteiger partial charge in [-0.3, -0.25) is 0 Å². The predicted octanol–water partition coefficient (Wildman–Crippen LogP) is 5.02. The number of carbonyl (C=O) groups is 1. The Labute approximate surface area is 146 Å². The lowest BCUT2D eigenvalue weighted by Gasteiger charge is -2.51. The Morgan fingerprint density at radius 1 is 1.21 bits per heavy atom. The lowest BCUT2D eigenvalue weighted by molar-refractivity contribution is -0.0260. The van der Waals surface area contributed by atoms with Crippen LogP contribution >= 0.6 is 11.6 Å². The molecule has 5 heteroatoms. The molecular formula is C19H22ClFO3. The summed E-state index contributed by atoms with van der Waals surface area (Å²) in [4.78, 5) is 10.9. The van der Waals surface area contributed by atoms with Crippen molar-refractivity contribution in [2.24, 2.45) is 29.6 Å². The first-order valence-electron chi connectivity index (χ1n) is 8.86. The Morgan fingerprint density at radius 3 is 2.79 bits per heavy atom. The molecule has 0 aromatic heterocycles. The van der Waals surface area contributed by atoms with E-state index >= 15 is 0 Å². The molecule has 4 rings (SSSR count). The van der Waals surface area contributed by atoms with Gasteiger partial charge in [0.15, 0.2) is 0 Å². The lowest BCUT2D eigenvalue weighted by atomic mass is 9.54. The van der Waals surface area contributed by atoms with Crippen LogP contribution in [0, 0.1) is 35.4 Å². The van der Waals surface area contributed by atoms with Gasteiger partial charge in [-0.15, -0.1) is 0 Å². The molecule has 0 aliphatic heterocycles. The van der Waals surface area contributed by atoms with Crippen LogP contribution in [0.5, 0.6) is 5.75 Å². The van der Waals surface area contributed by atoms with Gasteiger partial charge >= 0.3 is 5.97 Å². The number of ether oxygens (including phenoxy) is 1. The maximum Gasteiger partial charge on any atom is 0.338 e. The van der Waals surface area contributed by atoms with Gasteiger partial charge in [0.1, 0.15) is 11.6 Å². The van der Waals surface area contributed by atoms with Crippen LogP contribution in [0.3, 0.4) is 0 Å². The number of carboxylic acids is 1. The molecule has 5 unspecified atom stereocenters. The van der Waals surface area contributed by atoms with Crippen molar-refractivity contribution in [3.63, 3.8) is 0 Å². The fourth-order valence-electron chi connectivity index (χ4n) is 5.47. The highest BCUT2D eigenvalue weighted by molar-refractivity contribution is 6.32. The van der Waals surface area contributed by atoms with Crippen LogP contribution in [0.1, 0.15) is 48.9 Å². The molecule has 130 valence electrons. The summed E-state index contributed by atoms with van der Waals surface area (Å²) >= 11 is 6.08. The van der Waals surface area contributed by atoms with Crippen molar-refractivity contribution in [1.82, 2.24) is 0 Å². The van der Waals surface area contributed by atoms with Crippen LogP contribution < -0.4 is 4.74 Å². The Balaban J connectivity index is 1.47. The summed E-state index contributed by atoms with van der Waals surface area (Å²) in [7, 11) is 0. The third-order valence-electron chi connectivity index (χ3n) is 6.40. The molecule has 0 radical (unpaired) electrons. The number of fused-ring (bicyclic) bond motifs is 2. The summed E-state index contributed by atoms with van der Waals surface area (Å²) in [6.07, 6.45) is 7.95. The van der Waals surface area contributed by atoms with E-state index in [0.29, 0.717) is 12.5 Å². The molecule has 3 aliphatic rings. The third-order valence-corrected chi connectivity index (χ3v) is 6.69. The number of halogens is 2. The molecule has 5 atom stereocenters. The Hall–Kier alpha value is -1.29. The highest BCUT2D eigenvalue weighted by Gasteiger charge is 2.45. The average Bonchev–Trinajstić information content (AvgIpc) is 2.53. The van der Waals surface area contributed by atoms with E-state index in [4.69, 9.17) is 21.4 Å². The van der Waals surface area contributed by atoms with Crippen molar-refractivity contribution < 1.29 is 19.0 Å². The van der Waals surface area contributed by atoms with Gasteiger partial charge in [0, 0.05) is 6.07 Å². The first-order valence-corrected chi connectivity index (χ1v) is 9.24. The first kappa shape index (κ1) is 16.2. The van der Waals surface area contributed by atoms with Crippen molar-refractivity contribution >= 4 is 17.6 Å². The third kappa shape index (κ3) is 2.90. The number of hydrogen-bond acceptors (Lipinski definition) is 2. The molecule has 0 amide bonds. The quantitative estimate of drug-likeness (QED) is 0.827. The Bertz CT molecular complexity index is 656. The second-order valence-electron chi connectivity index (χ2n) is 7.81. The largest absolute Gasteiger partial charge is 0.492 e. The summed E-state index contributed by atoms with van der Waals surface area (Å²) in [5.74, 6) is 1.96. The van der Waals surface area contributed by atoms with Gasteiger partial charge in [0.25, 0.3) is 0 Å². The van der Waals surface area contributed by atoms with Crippen molar-refractivity contribution in [3.8, 4) is 5.75 Å².